The fourth-order valence-electron chi connectivity index (χ4n) is 1.89. The Morgan fingerprint density at radius 2 is 1.94 bits per heavy atom. The number of hydrogen-bond donors (Lipinski definition) is 1. The average molecular weight is 271 g/mol. The lowest BCUT2D eigenvalue weighted by atomic mass is 9.99. The van der Waals surface area contributed by atoms with E-state index in [0.717, 1.165) is 31.4 Å². The molecule has 1 unspecified atom stereocenters. The third-order valence-electron chi connectivity index (χ3n) is 3.05. The van der Waals surface area contributed by atoms with E-state index in [-0.39, 0.29) is 5.75 Å². The fourth-order valence-corrected chi connectivity index (χ4v) is 2.19. The lowest BCUT2D eigenvalue weighted by molar-refractivity contribution is 0.291. The Bertz CT molecular complexity index is 324. The van der Waals surface area contributed by atoms with Gasteiger partial charge < -0.3 is 9.84 Å². The molecule has 0 aliphatic rings. The summed E-state index contributed by atoms with van der Waals surface area (Å²) in [4.78, 5) is 0. The number of rotatable bonds is 8. The number of halogens is 1. The van der Waals surface area contributed by atoms with E-state index >= 15 is 0 Å². The summed E-state index contributed by atoms with van der Waals surface area (Å²) in [6.07, 6.45) is 4.30. The van der Waals surface area contributed by atoms with Crippen molar-refractivity contribution in [2.45, 2.75) is 44.9 Å². The molecule has 102 valence electrons. The van der Waals surface area contributed by atoms with Gasteiger partial charge in [0.1, 0.15) is 11.5 Å². The second-order valence-corrected chi connectivity index (χ2v) is 5.45. The lowest BCUT2D eigenvalue weighted by Crippen LogP contribution is -2.07. The quantitative estimate of drug-likeness (QED) is 0.553. The summed E-state index contributed by atoms with van der Waals surface area (Å²) in [5.41, 5.74) is 0. The van der Waals surface area contributed by atoms with Crippen LogP contribution in [0, 0.1) is 5.92 Å². The number of phenolic OH excluding ortho intramolecular Hbond substituents is 1. The molecule has 0 saturated carbocycles. The number of benzene rings is 1. The molecule has 0 heterocycles. The highest BCUT2D eigenvalue weighted by molar-refractivity contribution is 6.20. The molecule has 0 aromatic heterocycles. The van der Waals surface area contributed by atoms with Gasteiger partial charge in [-0.2, -0.15) is 0 Å². The molecule has 1 rings (SSSR count). The molecule has 0 radical (unpaired) electrons. The van der Waals surface area contributed by atoms with Crippen molar-refractivity contribution < 1.29 is 9.84 Å². The minimum absolute atomic E-state index is 0.267. The van der Waals surface area contributed by atoms with Crippen LogP contribution in [0.5, 0.6) is 11.5 Å². The first-order chi connectivity index (χ1) is 8.61. The van der Waals surface area contributed by atoms with Gasteiger partial charge in [-0.25, -0.2) is 0 Å². The third kappa shape index (κ3) is 6.15. The predicted octanol–water partition coefficient (Wildman–Crippen LogP) is 4.59. The highest BCUT2D eigenvalue weighted by Crippen LogP contribution is 2.19. The molecule has 1 aromatic carbocycles. The Kier molecular flexibility index (Phi) is 6.96. The Labute approximate surface area is 115 Å². The Balaban J connectivity index is 2.13. The van der Waals surface area contributed by atoms with Crippen LogP contribution in [0.2, 0.25) is 0 Å². The molecule has 3 heteroatoms. The maximum atomic E-state index is 9.14. The largest absolute Gasteiger partial charge is 0.508 e. The zero-order valence-electron chi connectivity index (χ0n) is 11.2. The van der Waals surface area contributed by atoms with Gasteiger partial charge in [0.15, 0.2) is 0 Å². The molecule has 2 nitrogen and oxygen atoms in total. The third-order valence-corrected chi connectivity index (χ3v) is 3.53. The highest BCUT2D eigenvalue weighted by Gasteiger charge is 2.08. The maximum absolute atomic E-state index is 9.14. The zero-order valence-corrected chi connectivity index (χ0v) is 12.0. The van der Waals surface area contributed by atoms with Crippen LogP contribution in [0.3, 0.4) is 0 Å². The van der Waals surface area contributed by atoms with Gasteiger partial charge in [0.05, 0.1) is 6.61 Å². The van der Waals surface area contributed by atoms with Gasteiger partial charge >= 0.3 is 0 Å². The first kappa shape index (κ1) is 15.2. The molecule has 0 spiro atoms. The van der Waals surface area contributed by atoms with Crippen molar-refractivity contribution in [3.63, 3.8) is 0 Å². The minimum Gasteiger partial charge on any atom is -0.508 e. The summed E-state index contributed by atoms with van der Waals surface area (Å²) in [6, 6.07) is 6.84. The van der Waals surface area contributed by atoms with Gasteiger partial charge in [-0.05, 0) is 55.9 Å². The van der Waals surface area contributed by atoms with Crippen molar-refractivity contribution in [2.75, 3.05) is 6.61 Å². The number of phenols is 1. The normalized spacial score (nSPS) is 14.2. The SMILES string of the molecule is CC[C@@H](Cl)CC(C)CCCOc1ccc(O)cc1. The van der Waals surface area contributed by atoms with Crippen LogP contribution < -0.4 is 4.74 Å². The molecule has 1 aromatic rings. The van der Waals surface area contributed by atoms with Crippen molar-refractivity contribution in [1.29, 1.82) is 0 Å². The maximum Gasteiger partial charge on any atom is 0.119 e. The molecular formula is C15H23ClO2. The Hall–Kier alpha value is -0.890. The standard InChI is InChI=1S/C15H23ClO2/c1-3-13(16)11-12(2)5-4-10-18-15-8-6-14(17)7-9-15/h6-9,12-13,17H,3-5,10-11H2,1-2H3/t12?,13-/m1/s1. The van der Waals surface area contributed by atoms with Gasteiger partial charge in [-0.15, -0.1) is 11.6 Å². The summed E-state index contributed by atoms with van der Waals surface area (Å²) >= 11 is 6.13. The zero-order chi connectivity index (χ0) is 13.4. The summed E-state index contributed by atoms with van der Waals surface area (Å²) < 4.78 is 5.60. The van der Waals surface area contributed by atoms with E-state index < -0.39 is 0 Å². The molecule has 0 bridgehead atoms. The molecular weight excluding hydrogens is 248 g/mol. The topological polar surface area (TPSA) is 29.5 Å². The van der Waals surface area contributed by atoms with Crippen molar-refractivity contribution >= 4 is 11.6 Å². The molecule has 1 N–H and O–H groups in total. The second kappa shape index (κ2) is 8.25. The first-order valence-corrected chi connectivity index (χ1v) is 7.11. The lowest BCUT2D eigenvalue weighted by Gasteiger charge is -2.14. The van der Waals surface area contributed by atoms with E-state index in [2.05, 4.69) is 13.8 Å². The predicted molar refractivity (Wildman–Crippen MR) is 76.5 cm³/mol. The van der Waals surface area contributed by atoms with Gasteiger partial charge in [0, 0.05) is 5.38 Å². The molecule has 0 fully saturated rings. The van der Waals surface area contributed by atoms with Crippen LogP contribution in [0.1, 0.15) is 39.5 Å². The van der Waals surface area contributed by atoms with Crippen LogP contribution in [0.15, 0.2) is 24.3 Å². The Morgan fingerprint density at radius 3 is 2.56 bits per heavy atom. The van der Waals surface area contributed by atoms with Crippen molar-refractivity contribution in [2.24, 2.45) is 5.92 Å². The van der Waals surface area contributed by atoms with Crippen molar-refractivity contribution in [3.05, 3.63) is 24.3 Å². The van der Waals surface area contributed by atoms with E-state index in [0.29, 0.717) is 17.9 Å². The second-order valence-electron chi connectivity index (χ2n) is 4.83. The van der Waals surface area contributed by atoms with Gasteiger partial charge in [-0.3, -0.25) is 0 Å². The summed E-state index contributed by atoms with van der Waals surface area (Å²) in [5.74, 6) is 1.73. The first-order valence-electron chi connectivity index (χ1n) is 6.67. The highest BCUT2D eigenvalue weighted by atomic mass is 35.5. The average Bonchev–Trinajstić information content (AvgIpc) is 2.36. The minimum atomic E-state index is 0.267. The van der Waals surface area contributed by atoms with E-state index in [1.165, 1.54) is 0 Å². The van der Waals surface area contributed by atoms with E-state index in [9.17, 15) is 0 Å². The number of alkyl halides is 1. The van der Waals surface area contributed by atoms with Crippen LogP contribution in [0.4, 0.5) is 0 Å². The monoisotopic (exact) mass is 270 g/mol. The van der Waals surface area contributed by atoms with Crippen molar-refractivity contribution in [1.82, 2.24) is 0 Å². The van der Waals surface area contributed by atoms with E-state index in [1.54, 1.807) is 24.3 Å². The summed E-state index contributed by atoms with van der Waals surface area (Å²) in [7, 11) is 0. The van der Waals surface area contributed by atoms with Gasteiger partial charge in [0.2, 0.25) is 0 Å². The molecule has 0 amide bonds. The van der Waals surface area contributed by atoms with Crippen LogP contribution >= 0.6 is 11.6 Å². The van der Waals surface area contributed by atoms with Gasteiger partial charge in [0.25, 0.3) is 0 Å². The fraction of sp³-hybridized carbons (Fsp3) is 0.600. The number of aromatic hydroxyl groups is 1. The summed E-state index contributed by atoms with van der Waals surface area (Å²) in [5, 5.41) is 9.44. The number of ether oxygens (including phenoxy) is 1. The summed E-state index contributed by atoms with van der Waals surface area (Å²) in [6.45, 7) is 5.08. The number of hydrogen-bond acceptors (Lipinski definition) is 2. The smallest absolute Gasteiger partial charge is 0.119 e. The van der Waals surface area contributed by atoms with Gasteiger partial charge in [-0.1, -0.05) is 13.8 Å². The van der Waals surface area contributed by atoms with E-state index in [1.807, 2.05) is 0 Å². The van der Waals surface area contributed by atoms with Crippen LogP contribution in [0.25, 0.3) is 0 Å². The Morgan fingerprint density at radius 1 is 1.28 bits per heavy atom. The van der Waals surface area contributed by atoms with E-state index in [4.69, 9.17) is 21.4 Å². The van der Waals surface area contributed by atoms with Crippen LogP contribution in [-0.4, -0.2) is 17.1 Å². The molecule has 18 heavy (non-hydrogen) atoms. The van der Waals surface area contributed by atoms with Crippen LogP contribution in [-0.2, 0) is 0 Å². The molecule has 0 aliphatic heterocycles. The molecule has 0 aliphatic carbocycles. The molecule has 0 saturated heterocycles. The van der Waals surface area contributed by atoms with Crippen molar-refractivity contribution in [3.8, 4) is 11.5 Å². The molecule has 2 atom stereocenters.